The van der Waals surface area contributed by atoms with E-state index in [1.54, 1.807) is 12.1 Å². The van der Waals surface area contributed by atoms with Crippen molar-refractivity contribution in [2.45, 2.75) is 6.54 Å². The van der Waals surface area contributed by atoms with Gasteiger partial charge in [0.2, 0.25) is 5.95 Å². The molecule has 108 valence electrons. The molecule has 0 aliphatic heterocycles. The summed E-state index contributed by atoms with van der Waals surface area (Å²) in [6.07, 6.45) is 2.98. The second-order valence-electron chi connectivity index (χ2n) is 4.05. The third-order valence-corrected chi connectivity index (χ3v) is 2.41. The Kier molecular flexibility index (Phi) is 4.39. The molecule has 0 saturated heterocycles. The lowest BCUT2D eigenvalue weighted by Crippen LogP contribution is -2.10. The van der Waals surface area contributed by atoms with E-state index in [-0.39, 0.29) is 11.8 Å². The van der Waals surface area contributed by atoms with Gasteiger partial charge in [0.05, 0.1) is 6.54 Å². The van der Waals surface area contributed by atoms with E-state index < -0.39 is 11.9 Å². The first-order valence-electron chi connectivity index (χ1n) is 5.89. The van der Waals surface area contributed by atoms with Gasteiger partial charge in [0.15, 0.2) is 0 Å². The highest BCUT2D eigenvalue weighted by Crippen LogP contribution is 2.05. The molecular formula is C13H11FN4O3. The number of carbonyl (C=O) groups is 2. The van der Waals surface area contributed by atoms with Crippen LogP contribution in [-0.2, 0) is 16.1 Å². The molecule has 0 bridgehead atoms. The van der Waals surface area contributed by atoms with Gasteiger partial charge in [0.1, 0.15) is 12.1 Å². The lowest BCUT2D eigenvalue weighted by Gasteiger charge is -2.00. The van der Waals surface area contributed by atoms with Crippen LogP contribution in [0.15, 0.2) is 42.7 Å². The van der Waals surface area contributed by atoms with Gasteiger partial charge in [0, 0.05) is 12.2 Å². The minimum atomic E-state index is -1.22. The van der Waals surface area contributed by atoms with Gasteiger partial charge in [-0.25, -0.2) is 18.9 Å². The number of anilines is 1. The van der Waals surface area contributed by atoms with Gasteiger partial charge in [-0.3, -0.25) is 10.1 Å². The molecule has 1 aromatic heterocycles. The molecule has 0 unspecified atom stereocenters. The van der Waals surface area contributed by atoms with Crippen molar-refractivity contribution in [2.24, 2.45) is 0 Å². The molecule has 0 atom stereocenters. The van der Waals surface area contributed by atoms with Gasteiger partial charge in [-0.05, 0) is 17.7 Å². The summed E-state index contributed by atoms with van der Waals surface area (Å²) in [5.41, 5.74) is 0.824. The lowest BCUT2D eigenvalue weighted by atomic mass is 10.2. The van der Waals surface area contributed by atoms with E-state index in [4.69, 9.17) is 5.11 Å². The standard InChI is InChI=1S/C13H11FN4O3/c14-10-3-1-9(2-4-10)7-18-8-15-13(17-18)16-11(19)5-6-12(20)21/h1-6,8H,7H2,(H,20,21)(H,16,17,19). The van der Waals surface area contributed by atoms with Crippen LogP contribution in [0.25, 0.3) is 0 Å². The van der Waals surface area contributed by atoms with Crippen molar-refractivity contribution >= 4 is 17.8 Å². The van der Waals surface area contributed by atoms with Crippen molar-refractivity contribution in [3.05, 3.63) is 54.1 Å². The van der Waals surface area contributed by atoms with Crippen LogP contribution >= 0.6 is 0 Å². The van der Waals surface area contributed by atoms with Crippen molar-refractivity contribution in [3.63, 3.8) is 0 Å². The zero-order chi connectivity index (χ0) is 15.2. The molecule has 0 aliphatic rings. The SMILES string of the molecule is O=C(O)C=CC(=O)Nc1ncn(Cc2ccc(F)cc2)n1. The Hall–Kier alpha value is -3.03. The summed E-state index contributed by atoms with van der Waals surface area (Å²) in [5, 5.41) is 14.7. The Balaban J connectivity index is 1.96. The normalized spacial score (nSPS) is 10.7. The molecule has 7 nitrogen and oxygen atoms in total. The van der Waals surface area contributed by atoms with Crippen molar-refractivity contribution in [2.75, 3.05) is 5.32 Å². The van der Waals surface area contributed by atoms with Crippen LogP contribution in [0.2, 0.25) is 0 Å². The molecule has 2 rings (SSSR count). The Labute approximate surface area is 118 Å². The smallest absolute Gasteiger partial charge is 0.328 e. The number of benzene rings is 1. The maximum atomic E-state index is 12.8. The number of amides is 1. The number of carboxylic acid groups (broad SMARTS) is 1. The molecule has 1 heterocycles. The van der Waals surface area contributed by atoms with Crippen LogP contribution in [0.3, 0.4) is 0 Å². The second-order valence-corrected chi connectivity index (χ2v) is 4.05. The Morgan fingerprint density at radius 3 is 2.67 bits per heavy atom. The summed E-state index contributed by atoms with van der Waals surface area (Å²) in [7, 11) is 0. The van der Waals surface area contributed by atoms with E-state index in [0.717, 1.165) is 11.6 Å². The molecule has 21 heavy (non-hydrogen) atoms. The number of halogens is 1. The molecule has 0 radical (unpaired) electrons. The minimum Gasteiger partial charge on any atom is -0.478 e. The van der Waals surface area contributed by atoms with E-state index in [0.29, 0.717) is 12.6 Å². The maximum absolute atomic E-state index is 12.8. The van der Waals surface area contributed by atoms with Crippen molar-refractivity contribution in [1.82, 2.24) is 14.8 Å². The van der Waals surface area contributed by atoms with E-state index in [1.165, 1.54) is 23.1 Å². The highest BCUT2D eigenvalue weighted by molar-refractivity contribution is 6.01. The Morgan fingerprint density at radius 2 is 2.00 bits per heavy atom. The van der Waals surface area contributed by atoms with Crippen molar-refractivity contribution in [1.29, 1.82) is 0 Å². The van der Waals surface area contributed by atoms with Gasteiger partial charge in [-0.15, -0.1) is 5.10 Å². The molecule has 0 fully saturated rings. The average Bonchev–Trinajstić information content (AvgIpc) is 2.86. The Morgan fingerprint density at radius 1 is 1.29 bits per heavy atom. The fourth-order valence-corrected chi connectivity index (χ4v) is 1.50. The average molecular weight is 290 g/mol. The molecule has 0 saturated carbocycles. The minimum absolute atomic E-state index is 0.0529. The van der Waals surface area contributed by atoms with Gasteiger partial charge < -0.3 is 5.11 Å². The quantitative estimate of drug-likeness (QED) is 0.802. The second kappa shape index (κ2) is 6.42. The van der Waals surface area contributed by atoms with Gasteiger partial charge in [-0.1, -0.05) is 12.1 Å². The number of carboxylic acids is 1. The van der Waals surface area contributed by atoms with Gasteiger partial charge in [-0.2, -0.15) is 0 Å². The number of carbonyl (C=O) groups excluding carboxylic acids is 1. The summed E-state index contributed by atoms with van der Waals surface area (Å²) < 4.78 is 14.2. The fraction of sp³-hybridized carbons (Fsp3) is 0.0769. The monoisotopic (exact) mass is 290 g/mol. The molecule has 2 N–H and O–H groups in total. The highest BCUT2D eigenvalue weighted by atomic mass is 19.1. The molecular weight excluding hydrogens is 279 g/mol. The molecule has 1 amide bonds. The number of nitrogens with zero attached hydrogens (tertiary/aromatic N) is 3. The fourth-order valence-electron chi connectivity index (χ4n) is 1.50. The van der Waals surface area contributed by atoms with Crippen molar-refractivity contribution < 1.29 is 19.1 Å². The lowest BCUT2D eigenvalue weighted by molar-refractivity contribution is -0.131. The van der Waals surface area contributed by atoms with E-state index in [2.05, 4.69) is 15.4 Å². The number of aromatic nitrogens is 3. The summed E-state index contributed by atoms with van der Waals surface area (Å²) in [5.74, 6) is -2.13. The van der Waals surface area contributed by atoms with Crippen molar-refractivity contribution in [3.8, 4) is 0 Å². The largest absolute Gasteiger partial charge is 0.478 e. The predicted molar refractivity (Wildman–Crippen MR) is 70.9 cm³/mol. The van der Waals surface area contributed by atoms with Crippen LogP contribution in [-0.4, -0.2) is 31.7 Å². The van der Waals surface area contributed by atoms with Gasteiger partial charge in [0.25, 0.3) is 5.91 Å². The van der Waals surface area contributed by atoms with Crippen LogP contribution in [0.4, 0.5) is 10.3 Å². The third-order valence-electron chi connectivity index (χ3n) is 2.41. The van der Waals surface area contributed by atoms with Crippen LogP contribution in [0.5, 0.6) is 0 Å². The van der Waals surface area contributed by atoms with Gasteiger partial charge >= 0.3 is 5.97 Å². The molecule has 1 aromatic carbocycles. The predicted octanol–water partition coefficient (Wildman–Crippen LogP) is 1.04. The molecule has 2 aromatic rings. The summed E-state index contributed by atoms with van der Waals surface area (Å²) in [4.78, 5) is 25.4. The molecule has 0 aliphatic carbocycles. The number of aliphatic carboxylic acids is 1. The van der Waals surface area contributed by atoms with E-state index in [9.17, 15) is 14.0 Å². The summed E-state index contributed by atoms with van der Waals surface area (Å²) in [6.45, 7) is 0.369. The number of nitrogens with one attached hydrogen (secondary N) is 1. The number of hydrogen-bond acceptors (Lipinski definition) is 4. The summed E-state index contributed by atoms with van der Waals surface area (Å²) in [6, 6.07) is 5.91. The third kappa shape index (κ3) is 4.53. The zero-order valence-corrected chi connectivity index (χ0v) is 10.7. The number of hydrogen-bond donors (Lipinski definition) is 2. The first-order valence-corrected chi connectivity index (χ1v) is 5.89. The first kappa shape index (κ1) is 14.4. The Bertz CT molecular complexity index is 679. The molecule has 0 spiro atoms. The maximum Gasteiger partial charge on any atom is 0.328 e. The highest BCUT2D eigenvalue weighted by Gasteiger charge is 2.05. The van der Waals surface area contributed by atoms with Crippen LogP contribution in [0.1, 0.15) is 5.56 Å². The number of rotatable bonds is 5. The van der Waals surface area contributed by atoms with Crippen LogP contribution < -0.4 is 5.32 Å². The topological polar surface area (TPSA) is 97.1 Å². The first-order chi connectivity index (χ1) is 10.0. The van der Waals surface area contributed by atoms with E-state index in [1.807, 2.05) is 0 Å². The van der Waals surface area contributed by atoms with Crippen LogP contribution in [0, 0.1) is 5.82 Å². The summed E-state index contributed by atoms with van der Waals surface area (Å²) >= 11 is 0. The molecule has 8 heteroatoms. The zero-order valence-electron chi connectivity index (χ0n) is 10.7. The van der Waals surface area contributed by atoms with E-state index >= 15 is 0 Å².